The summed E-state index contributed by atoms with van der Waals surface area (Å²) in [6.07, 6.45) is 1.49. The number of hydrogen-bond donors (Lipinski definition) is 2. The molecular weight excluding hydrogens is 360 g/mol. The minimum atomic E-state index is -0.805. The van der Waals surface area contributed by atoms with Gasteiger partial charge in [-0.2, -0.15) is 4.98 Å². The Morgan fingerprint density at radius 3 is 2.50 bits per heavy atom. The van der Waals surface area contributed by atoms with E-state index in [1.54, 1.807) is 4.90 Å². The number of aliphatic hydroxyl groups is 1. The predicted octanol–water partition coefficient (Wildman–Crippen LogP) is 1.01. The highest BCUT2D eigenvalue weighted by molar-refractivity contribution is 6.07. The maximum absolute atomic E-state index is 13.3. The molecule has 1 aromatic rings. The van der Waals surface area contributed by atoms with Gasteiger partial charge in [0.25, 0.3) is 5.91 Å². The second-order valence-electron chi connectivity index (χ2n) is 8.07. The molecule has 28 heavy (non-hydrogen) atoms. The van der Waals surface area contributed by atoms with Crippen molar-refractivity contribution in [1.82, 2.24) is 19.8 Å². The first kappa shape index (κ1) is 20.3. The maximum Gasteiger partial charge on any atom is 0.327 e. The van der Waals surface area contributed by atoms with Crippen LogP contribution in [0, 0.1) is 12.8 Å². The van der Waals surface area contributed by atoms with E-state index in [0.29, 0.717) is 38.9 Å². The Hall–Kier alpha value is -2.42. The van der Waals surface area contributed by atoms with Crippen molar-refractivity contribution in [2.75, 3.05) is 43.4 Å². The number of nitrogens with zero attached hydrogens (tertiary/aromatic N) is 5. The van der Waals surface area contributed by atoms with Crippen LogP contribution in [-0.4, -0.2) is 75.1 Å². The molecule has 1 spiro atoms. The van der Waals surface area contributed by atoms with Crippen LogP contribution in [0.15, 0.2) is 6.07 Å². The number of nitrogen functional groups attached to an aromatic ring is 1. The minimum absolute atomic E-state index is 0.0451. The number of imide groups is 1. The highest BCUT2D eigenvalue weighted by atomic mass is 16.3. The highest BCUT2D eigenvalue weighted by Gasteiger charge is 2.57. The third-order valence-corrected chi connectivity index (χ3v) is 5.48. The Kier molecular flexibility index (Phi) is 5.74. The average Bonchev–Trinajstić information content (AvgIpc) is 2.81. The molecule has 0 aliphatic carbocycles. The number of aliphatic hydroxyl groups excluding tert-OH is 1. The Bertz CT molecular complexity index is 725. The molecule has 2 aliphatic heterocycles. The van der Waals surface area contributed by atoms with Gasteiger partial charge in [-0.05, 0) is 32.1 Å². The van der Waals surface area contributed by atoms with E-state index in [1.165, 1.54) is 4.90 Å². The van der Waals surface area contributed by atoms with E-state index >= 15 is 0 Å². The Morgan fingerprint density at radius 2 is 1.93 bits per heavy atom. The number of amides is 3. The van der Waals surface area contributed by atoms with Crippen LogP contribution >= 0.6 is 0 Å². The molecule has 3 amide bonds. The van der Waals surface area contributed by atoms with E-state index in [0.717, 1.165) is 11.5 Å². The fourth-order valence-corrected chi connectivity index (χ4v) is 4.15. The second-order valence-corrected chi connectivity index (χ2v) is 8.07. The van der Waals surface area contributed by atoms with E-state index < -0.39 is 5.54 Å². The molecule has 3 rings (SSSR count). The number of carbonyl (C=O) groups excluding carboxylic acids is 2. The summed E-state index contributed by atoms with van der Waals surface area (Å²) < 4.78 is 0. The number of rotatable bonds is 6. The molecule has 2 aliphatic rings. The van der Waals surface area contributed by atoms with Crippen LogP contribution in [0.1, 0.15) is 38.8 Å². The quantitative estimate of drug-likeness (QED) is 0.696. The zero-order valence-corrected chi connectivity index (χ0v) is 16.9. The number of anilines is 2. The molecule has 0 radical (unpaired) electrons. The molecule has 3 N–H and O–H groups in total. The summed E-state index contributed by atoms with van der Waals surface area (Å²) in [4.78, 5) is 39.8. The topological polar surface area (TPSA) is 116 Å². The zero-order chi connectivity index (χ0) is 20.5. The SMILES string of the molecule is Cc1cc(N2CCC3(CC2)C(=O)N(CCCO)C(=O)N3CC(C)C)nc(N)n1. The van der Waals surface area contributed by atoms with Gasteiger partial charge in [0.1, 0.15) is 11.4 Å². The lowest BCUT2D eigenvalue weighted by molar-refractivity contribution is -0.134. The fourth-order valence-electron chi connectivity index (χ4n) is 4.15. The zero-order valence-electron chi connectivity index (χ0n) is 16.9. The first-order chi connectivity index (χ1) is 13.3. The third-order valence-electron chi connectivity index (χ3n) is 5.48. The van der Waals surface area contributed by atoms with Crippen LogP contribution in [0.2, 0.25) is 0 Å². The molecule has 0 atom stereocenters. The number of urea groups is 1. The summed E-state index contributed by atoms with van der Waals surface area (Å²) in [5.74, 6) is 1.11. The monoisotopic (exact) mass is 390 g/mol. The van der Waals surface area contributed by atoms with E-state index in [1.807, 2.05) is 26.8 Å². The molecule has 154 valence electrons. The van der Waals surface area contributed by atoms with Gasteiger partial charge in [0, 0.05) is 44.5 Å². The molecular formula is C19H30N6O3. The van der Waals surface area contributed by atoms with Crippen LogP contribution in [-0.2, 0) is 4.79 Å². The molecule has 0 aromatic carbocycles. The van der Waals surface area contributed by atoms with E-state index in [9.17, 15) is 9.59 Å². The summed E-state index contributed by atoms with van der Waals surface area (Å²) in [6, 6.07) is 1.65. The van der Waals surface area contributed by atoms with Crippen LogP contribution < -0.4 is 10.6 Å². The minimum Gasteiger partial charge on any atom is -0.396 e. The smallest absolute Gasteiger partial charge is 0.327 e. The van der Waals surface area contributed by atoms with Crippen LogP contribution in [0.4, 0.5) is 16.6 Å². The van der Waals surface area contributed by atoms with Crippen LogP contribution in [0.3, 0.4) is 0 Å². The number of carbonyl (C=O) groups is 2. The number of piperidine rings is 1. The molecule has 2 fully saturated rings. The second kappa shape index (κ2) is 7.90. The standard InChI is InChI=1S/C19H30N6O3/c1-13(2)12-25-18(28)24(7-4-10-26)16(27)19(25)5-8-23(9-6-19)15-11-14(3)21-17(20)22-15/h11,13,26H,4-10,12H2,1-3H3,(H2,20,21,22). The van der Waals surface area contributed by atoms with Crippen molar-refractivity contribution in [3.63, 3.8) is 0 Å². The third kappa shape index (κ3) is 3.63. The van der Waals surface area contributed by atoms with Gasteiger partial charge in [0.15, 0.2) is 0 Å². The van der Waals surface area contributed by atoms with Crippen molar-refractivity contribution in [2.24, 2.45) is 5.92 Å². The highest BCUT2D eigenvalue weighted by Crippen LogP contribution is 2.38. The molecule has 1 aromatic heterocycles. The van der Waals surface area contributed by atoms with Crippen LogP contribution in [0.5, 0.6) is 0 Å². The summed E-state index contributed by atoms with van der Waals surface area (Å²) in [5, 5.41) is 9.13. The summed E-state index contributed by atoms with van der Waals surface area (Å²) >= 11 is 0. The lowest BCUT2D eigenvalue weighted by Gasteiger charge is -2.43. The van der Waals surface area contributed by atoms with E-state index in [2.05, 4.69) is 14.9 Å². The van der Waals surface area contributed by atoms with E-state index in [4.69, 9.17) is 10.8 Å². The molecule has 0 saturated carbocycles. The fraction of sp³-hybridized carbons (Fsp3) is 0.684. The number of nitrogens with two attached hydrogens (primary N) is 1. The van der Waals surface area contributed by atoms with Crippen LogP contribution in [0.25, 0.3) is 0 Å². The molecule has 2 saturated heterocycles. The first-order valence-corrected chi connectivity index (χ1v) is 9.89. The lowest BCUT2D eigenvalue weighted by atomic mass is 9.85. The Balaban J connectivity index is 1.83. The van der Waals surface area contributed by atoms with Gasteiger partial charge in [-0.3, -0.25) is 9.69 Å². The van der Waals surface area contributed by atoms with Gasteiger partial charge < -0.3 is 20.6 Å². The number of aromatic nitrogens is 2. The maximum atomic E-state index is 13.3. The van der Waals surface area contributed by atoms with Crippen molar-refractivity contribution in [3.8, 4) is 0 Å². The molecule has 9 nitrogen and oxygen atoms in total. The Morgan fingerprint density at radius 1 is 1.25 bits per heavy atom. The van der Waals surface area contributed by atoms with Gasteiger partial charge in [0.2, 0.25) is 5.95 Å². The first-order valence-electron chi connectivity index (χ1n) is 9.89. The number of aryl methyl sites for hydroxylation is 1. The van der Waals surface area contributed by atoms with E-state index in [-0.39, 0.29) is 37.0 Å². The van der Waals surface area contributed by atoms with Gasteiger partial charge in [0.05, 0.1) is 0 Å². The van der Waals surface area contributed by atoms with Crippen molar-refractivity contribution < 1.29 is 14.7 Å². The van der Waals surface area contributed by atoms with Gasteiger partial charge in [-0.25, -0.2) is 9.78 Å². The summed E-state index contributed by atoms with van der Waals surface area (Å²) in [5.41, 5.74) is 5.77. The Labute approximate surface area is 165 Å². The normalized spacial score (nSPS) is 19.4. The average molecular weight is 390 g/mol. The van der Waals surface area contributed by atoms with Crippen molar-refractivity contribution in [1.29, 1.82) is 0 Å². The molecule has 3 heterocycles. The van der Waals surface area contributed by atoms with Crippen molar-refractivity contribution in [2.45, 2.75) is 45.6 Å². The summed E-state index contributed by atoms with van der Waals surface area (Å²) in [7, 11) is 0. The lowest BCUT2D eigenvalue weighted by Crippen LogP contribution is -2.57. The molecule has 0 bridgehead atoms. The molecule has 9 heteroatoms. The van der Waals surface area contributed by atoms with Gasteiger partial charge in [-0.1, -0.05) is 13.8 Å². The van der Waals surface area contributed by atoms with Gasteiger partial charge in [-0.15, -0.1) is 0 Å². The largest absolute Gasteiger partial charge is 0.396 e. The predicted molar refractivity (Wildman–Crippen MR) is 106 cm³/mol. The summed E-state index contributed by atoms with van der Waals surface area (Å²) in [6.45, 7) is 7.93. The van der Waals surface area contributed by atoms with Crippen molar-refractivity contribution in [3.05, 3.63) is 11.8 Å². The van der Waals surface area contributed by atoms with Gasteiger partial charge >= 0.3 is 6.03 Å². The number of hydrogen-bond acceptors (Lipinski definition) is 7. The molecule has 0 unspecified atom stereocenters. The van der Waals surface area contributed by atoms with Crippen molar-refractivity contribution >= 4 is 23.7 Å².